The van der Waals surface area contributed by atoms with Crippen LogP contribution in [-0.4, -0.2) is 26.8 Å². The van der Waals surface area contributed by atoms with Gasteiger partial charge in [-0.15, -0.1) is 11.3 Å². The highest BCUT2D eigenvalue weighted by Crippen LogP contribution is 2.31. The second-order valence-corrected chi connectivity index (χ2v) is 9.89. The molecule has 142 valence electrons. The van der Waals surface area contributed by atoms with E-state index >= 15 is 0 Å². The highest BCUT2D eigenvalue weighted by Gasteiger charge is 2.25. The molecule has 0 radical (unpaired) electrons. The van der Waals surface area contributed by atoms with Crippen molar-refractivity contribution in [1.29, 1.82) is 0 Å². The van der Waals surface area contributed by atoms with Crippen LogP contribution in [0, 0.1) is 13.8 Å². The Morgan fingerprint density at radius 1 is 1.27 bits per heavy atom. The van der Waals surface area contributed by atoms with Crippen molar-refractivity contribution in [2.24, 2.45) is 0 Å². The molecule has 1 saturated carbocycles. The van der Waals surface area contributed by atoms with Crippen LogP contribution in [0.1, 0.15) is 62.9 Å². The van der Waals surface area contributed by atoms with Gasteiger partial charge >= 0.3 is 0 Å². The number of fused-ring (bicyclic) bond motifs is 1. The van der Waals surface area contributed by atoms with Crippen molar-refractivity contribution in [3.63, 3.8) is 0 Å². The lowest BCUT2D eigenvalue weighted by molar-refractivity contribution is -0.120. The number of hydrogen-bond acceptors (Lipinski definition) is 5. The van der Waals surface area contributed by atoms with Crippen LogP contribution >= 0.6 is 23.1 Å². The first-order chi connectivity index (χ1) is 12.3. The normalized spacial score (nSPS) is 16.5. The molecule has 0 aromatic carbocycles. The molecule has 0 spiro atoms. The van der Waals surface area contributed by atoms with E-state index in [-0.39, 0.29) is 22.8 Å². The van der Waals surface area contributed by atoms with Crippen LogP contribution in [-0.2, 0) is 4.79 Å². The summed E-state index contributed by atoms with van der Waals surface area (Å²) in [5.41, 5.74) is 1.01. The summed E-state index contributed by atoms with van der Waals surface area (Å²) in [7, 11) is 0. The minimum absolute atomic E-state index is 0.00208. The number of thiophene rings is 1. The molecule has 1 fully saturated rings. The lowest BCUT2D eigenvalue weighted by Crippen LogP contribution is -2.38. The molecule has 0 saturated heterocycles. The van der Waals surface area contributed by atoms with Crippen LogP contribution in [0.15, 0.2) is 9.95 Å². The molecular weight excluding hydrogens is 366 g/mol. The predicted octanol–water partition coefficient (Wildman–Crippen LogP) is 4.20. The molecule has 0 bridgehead atoms. The molecule has 2 aromatic rings. The molecule has 1 amide bonds. The van der Waals surface area contributed by atoms with Crippen LogP contribution < -0.4 is 10.9 Å². The van der Waals surface area contributed by atoms with Crippen LogP contribution in [0.2, 0.25) is 0 Å². The van der Waals surface area contributed by atoms with Crippen molar-refractivity contribution in [3.05, 3.63) is 20.8 Å². The predicted molar refractivity (Wildman–Crippen MR) is 109 cm³/mol. The Bertz CT molecular complexity index is 879. The number of aryl methyl sites for hydroxylation is 2. The van der Waals surface area contributed by atoms with Crippen molar-refractivity contribution in [2.75, 3.05) is 0 Å². The molecule has 0 aliphatic heterocycles. The molecule has 3 rings (SSSR count). The van der Waals surface area contributed by atoms with Gasteiger partial charge in [-0.3, -0.25) is 14.2 Å². The fourth-order valence-corrected chi connectivity index (χ4v) is 5.55. The zero-order valence-electron chi connectivity index (χ0n) is 16.1. The highest BCUT2D eigenvalue weighted by atomic mass is 32.2. The monoisotopic (exact) mass is 393 g/mol. The van der Waals surface area contributed by atoms with Crippen molar-refractivity contribution in [3.8, 4) is 0 Å². The molecule has 2 aromatic heterocycles. The third-order valence-corrected chi connectivity index (χ3v) is 7.24. The van der Waals surface area contributed by atoms with E-state index in [0.717, 1.165) is 28.1 Å². The third-order valence-electron chi connectivity index (χ3n) is 5.07. The van der Waals surface area contributed by atoms with Gasteiger partial charge < -0.3 is 5.32 Å². The minimum Gasteiger partial charge on any atom is -0.352 e. The van der Waals surface area contributed by atoms with Gasteiger partial charge in [-0.05, 0) is 53.0 Å². The van der Waals surface area contributed by atoms with Crippen molar-refractivity contribution in [2.45, 2.75) is 82.8 Å². The largest absolute Gasteiger partial charge is 0.352 e. The number of aromatic nitrogens is 2. The van der Waals surface area contributed by atoms with Gasteiger partial charge in [-0.2, -0.15) is 0 Å². The van der Waals surface area contributed by atoms with Crippen LogP contribution in [0.25, 0.3) is 10.2 Å². The Hall–Kier alpha value is -1.34. The van der Waals surface area contributed by atoms with Gasteiger partial charge in [-0.1, -0.05) is 24.6 Å². The van der Waals surface area contributed by atoms with E-state index in [2.05, 4.69) is 5.32 Å². The maximum Gasteiger partial charge on any atom is 0.263 e. The van der Waals surface area contributed by atoms with Gasteiger partial charge in [0.05, 0.1) is 10.6 Å². The third kappa shape index (κ3) is 3.69. The summed E-state index contributed by atoms with van der Waals surface area (Å²) in [6.07, 6.45) is 4.51. The highest BCUT2D eigenvalue weighted by molar-refractivity contribution is 8.00. The molecule has 2 heterocycles. The Balaban J connectivity index is 1.92. The number of nitrogens with one attached hydrogen (secondary N) is 1. The van der Waals surface area contributed by atoms with E-state index < -0.39 is 0 Å². The van der Waals surface area contributed by atoms with Crippen molar-refractivity contribution < 1.29 is 4.79 Å². The summed E-state index contributed by atoms with van der Waals surface area (Å²) < 4.78 is 1.73. The summed E-state index contributed by atoms with van der Waals surface area (Å²) in [6, 6.07) is 0.294. The number of carbonyl (C=O) groups excluding carboxylic acids is 1. The smallest absolute Gasteiger partial charge is 0.263 e. The first kappa shape index (κ1) is 19.4. The molecule has 1 N–H and O–H groups in total. The number of nitrogens with zero attached hydrogens (tertiary/aromatic N) is 2. The first-order valence-corrected chi connectivity index (χ1v) is 11.0. The zero-order valence-corrected chi connectivity index (χ0v) is 17.7. The summed E-state index contributed by atoms with van der Waals surface area (Å²) in [5, 5.41) is 4.20. The van der Waals surface area contributed by atoms with E-state index in [4.69, 9.17) is 4.98 Å². The van der Waals surface area contributed by atoms with E-state index in [0.29, 0.717) is 16.6 Å². The Labute approximate surface area is 162 Å². The Morgan fingerprint density at radius 3 is 2.54 bits per heavy atom. The lowest BCUT2D eigenvalue weighted by Gasteiger charge is -2.19. The van der Waals surface area contributed by atoms with Crippen LogP contribution in [0.5, 0.6) is 0 Å². The molecule has 1 atom stereocenters. The van der Waals surface area contributed by atoms with Crippen molar-refractivity contribution >= 4 is 39.2 Å². The average Bonchev–Trinajstić information content (AvgIpc) is 3.15. The minimum atomic E-state index is -0.285. The quantitative estimate of drug-likeness (QED) is 0.611. The molecule has 26 heavy (non-hydrogen) atoms. The average molecular weight is 394 g/mol. The fourth-order valence-electron chi connectivity index (χ4n) is 3.43. The van der Waals surface area contributed by atoms with Crippen LogP contribution in [0.3, 0.4) is 0 Å². The number of hydrogen-bond donors (Lipinski definition) is 1. The number of rotatable bonds is 5. The fraction of sp³-hybridized carbons (Fsp3) is 0.632. The van der Waals surface area contributed by atoms with Gasteiger partial charge in [0.25, 0.3) is 5.56 Å². The summed E-state index contributed by atoms with van der Waals surface area (Å²) in [5.74, 6) is 0.0325. The molecule has 1 aliphatic rings. The van der Waals surface area contributed by atoms with Crippen LogP contribution in [0.4, 0.5) is 0 Å². The topological polar surface area (TPSA) is 64.0 Å². The van der Waals surface area contributed by atoms with Gasteiger partial charge in [0.2, 0.25) is 5.91 Å². The molecular formula is C19H27N3O2S2. The molecule has 7 heteroatoms. The van der Waals surface area contributed by atoms with Gasteiger partial charge in [-0.25, -0.2) is 4.98 Å². The summed E-state index contributed by atoms with van der Waals surface area (Å²) in [6.45, 7) is 9.85. The number of thioether (sulfide) groups is 1. The number of carbonyl (C=O) groups is 1. The Kier molecular flexibility index (Phi) is 5.77. The second-order valence-electron chi connectivity index (χ2n) is 7.38. The maximum absolute atomic E-state index is 13.1. The standard InChI is InChI=1S/C19H27N3O2S2/c1-10(2)22-18(24)15-11(3)12(4)25-17(15)21-19(22)26-13(5)16(23)20-14-8-6-7-9-14/h10,13-14H,6-9H2,1-5H3,(H,20,23)/t13-/m0/s1. The van der Waals surface area contributed by atoms with E-state index in [1.54, 1.807) is 15.9 Å². The van der Waals surface area contributed by atoms with Crippen molar-refractivity contribution in [1.82, 2.24) is 14.9 Å². The SMILES string of the molecule is Cc1sc2nc(S[C@@H](C)C(=O)NC3CCCC3)n(C(C)C)c(=O)c2c1C. The summed E-state index contributed by atoms with van der Waals surface area (Å²) >= 11 is 2.93. The van der Waals surface area contributed by atoms with E-state index in [1.165, 1.54) is 24.6 Å². The van der Waals surface area contributed by atoms with E-state index in [9.17, 15) is 9.59 Å². The molecule has 1 aliphatic carbocycles. The van der Waals surface area contributed by atoms with Gasteiger partial charge in [0.1, 0.15) is 4.83 Å². The van der Waals surface area contributed by atoms with Gasteiger partial charge in [0, 0.05) is 17.0 Å². The first-order valence-electron chi connectivity index (χ1n) is 9.28. The molecule has 0 unspecified atom stereocenters. The van der Waals surface area contributed by atoms with E-state index in [1.807, 2.05) is 34.6 Å². The summed E-state index contributed by atoms with van der Waals surface area (Å²) in [4.78, 5) is 32.3. The van der Waals surface area contributed by atoms with Gasteiger partial charge in [0.15, 0.2) is 5.16 Å². The molecule has 5 nitrogen and oxygen atoms in total. The Morgan fingerprint density at radius 2 is 1.92 bits per heavy atom. The maximum atomic E-state index is 13.1. The zero-order chi connectivity index (χ0) is 19.0. The second kappa shape index (κ2) is 7.72. The lowest BCUT2D eigenvalue weighted by atomic mass is 10.2. The number of amides is 1.